The lowest BCUT2D eigenvalue weighted by Crippen LogP contribution is -2.50. The van der Waals surface area contributed by atoms with Crippen LogP contribution in [0.2, 0.25) is 0 Å². The Bertz CT molecular complexity index is 798. The lowest BCUT2D eigenvalue weighted by Gasteiger charge is -2.34. The minimum Gasteiger partial charge on any atom is -0.494 e. The number of carbonyl (C=O) groups is 2. The Labute approximate surface area is 164 Å². The Balaban J connectivity index is 1.45. The van der Waals surface area contributed by atoms with Crippen molar-refractivity contribution in [3.05, 3.63) is 65.5 Å². The van der Waals surface area contributed by atoms with Gasteiger partial charge in [0.1, 0.15) is 11.6 Å². The molecule has 0 aliphatic carbocycles. The van der Waals surface area contributed by atoms with Gasteiger partial charge < -0.3 is 9.64 Å². The van der Waals surface area contributed by atoms with E-state index in [2.05, 4.69) is 0 Å². The monoisotopic (exact) mass is 384 g/mol. The van der Waals surface area contributed by atoms with Crippen molar-refractivity contribution in [2.24, 2.45) is 0 Å². The van der Waals surface area contributed by atoms with Gasteiger partial charge in [-0.2, -0.15) is 0 Å². The van der Waals surface area contributed by atoms with E-state index in [1.807, 2.05) is 41.0 Å². The second-order valence-corrected chi connectivity index (χ2v) is 6.84. The Morgan fingerprint density at radius 1 is 0.964 bits per heavy atom. The molecule has 1 saturated heterocycles. The van der Waals surface area contributed by atoms with Crippen molar-refractivity contribution in [1.29, 1.82) is 0 Å². The summed E-state index contributed by atoms with van der Waals surface area (Å²) in [5.74, 6) is 0.511. The number of piperazine rings is 1. The maximum atomic E-state index is 13.0. The molecule has 1 aliphatic rings. The van der Waals surface area contributed by atoms with E-state index >= 15 is 0 Å². The number of nitrogens with zero attached hydrogens (tertiary/aromatic N) is 2. The highest BCUT2D eigenvalue weighted by Crippen LogP contribution is 2.14. The maximum absolute atomic E-state index is 13.0. The van der Waals surface area contributed by atoms with Crippen molar-refractivity contribution in [3.8, 4) is 5.75 Å². The van der Waals surface area contributed by atoms with Gasteiger partial charge in [-0.25, -0.2) is 4.39 Å². The summed E-state index contributed by atoms with van der Waals surface area (Å²) in [4.78, 5) is 28.7. The summed E-state index contributed by atoms with van der Waals surface area (Å²) in [5, 5.41) is 0. The first-order chi connectivity index (χ1) is 13.5. The van der Waals surface area contributed by atoms with Crippen molar-refractivity contribution in [3.63, 3.8) is 0 Å². The van der Waals surface area contributed by atoms with Crippen LogP contribution >= 0.6 is 0 Å². The third kappa shape index (κ3) is 5.39. The molecule has 0 unspecified atom stereocenters. The van der Waals surface area contributed by atoms with E-state index in [0.717, 1.165) is 11.3 Å². The fourth-order valence-corrected chi connectivity index (χ4v) is 3.24. The van der Waals surface area contributed by atoms with Crippen LogP contribution in [0.15, 0.2) is 48.5 Å². The zero-order chi connectivity index (χ0) is 19.9. The average molecular weight is 384 g/mol. The molecule has 5 nitrogen and oxygen atoms in total. The van der Waals surface area contributed by atoms with Crippen LogP contribution in [0.5, 0.6) is 5.75 Å². The van der Waals surface area contributed by atoms with Gasteiger partial charge in [-0.05, 0) is 48.9 Å². The molecule has 3 rings (SSSR count). The normalized spacial score (nSPS) is 14.7. The molecule has 0 aromatic heterocycles. The third-order valence-corrected chi connectivity index (χ3v) is 4.85. The molecule has 28 heavy (non-hydrogen) atoms. The number of carbonyl (C=O) groups excluding carboxylic acids is 2. The molecule has 0 N–H and O–H groups in total. The molecule has 0 saturated carbocycles. The largest absolute Gasteiger partial charge is 0.494 e. The number of hydrogen-bond donors (Lipinski definition) is 0. The van der Waals surface area contributed by atoms with Gasteiger partial charge in [0, 0.05) is 31.7 Å². The van der Waals surface area contributed by atoms with E-state index in [-0.39, 0.29) is 24.1 Å². The predicted octanol–water partition coefficient (Wildman–Crippen LogP) is 2.79. The van der Waals surface area contributed by atoms with Gasteiger partial charge >= 0.3 is 0 Å². The van der Waals surface area contributed by atoms with E-state index in [9.17, 15) is 14.0 Å². The number of hydrogen-bond acceptors (Lipinski definition) is 4. The van der Waals surface area contributed by atoms with E-state index in [1.165, 1.54) is 24.3 Å². The van der Waals surface area contributed by atoms with Crippen LogP contribution in [-0.2, 0) is 11.2 Å². The highest BCUT2D eigenvalue weighted by atomic mass is 19.1. The maximum Gasteiger partial charge on any atom is 0.227 e. The van der Waals surface area contributed by atoms with Gasteiger partial charge in [0.15, 0.2) is 5.78 Å². The Morgan fingerprint density at radius 2 is 1.61 bits per heavy atom. The van der Waals surface area contributed by atoms with E-state index in [4.69, 9.17) is 4.74 Å². The second kappa shape index (κ2) is 9.46. The minimum absolute atomic E-state index is 0.0332. The van der Waals surface area contributed by atoms with Gasteiger partial charge in [0.25, 0.3) is 0 Å². The first kappa shape index (κ1) is 20.0. The Kier molecular flexibility index (Phi) is 6.76. The Morgan fingerprint density at radius 3 is 2.21 bits per heavy atom. The van der Waals surface area contributed by atoms with Crippen molar-refractivity contribution in [2.45, 2.75) is 13.3 Å². The number of rotatable bonds is 7. The van der Waals surface area contributed by atoms with E-state index in [0.29, 0.717) is 44.8 Å². The van der Waals surface area contributed by atoms with Gasteiger partial charge in [-0.3, -0.25) is 14.5 Å². The summed E-state index contributed by atoms with van der Waals surface area (Å²) in [5.41, 5.74) is 1.47. The molecule has 2 aromatic carbocycles. The second-order valence-electron chi connectivity index (χ2n) is 6.84. The molecule has 0 atom stereocenters. The van der Waals surface area contributed by atoms with Crippen LogP contribution < -0.4 is 4.74 Å². The lowest BCUT2D eigenvalue weighted by atomic mass is 10.1. The molecule has 148 valence electrons. The average Bonchev–Trinajstić information content (AvgIpc) is 2.70. The highest BCUT2D eigenvalue weighted by molar-refractivity contribution is 5.97. The molecule has 1 heterocycles. The summed E-state index contributed by atoms with van der Waals surface area (Å²) in [6.07, 6.45) is 0.362. The predicted molar refractivity (Wildman–Crippen MR) is 105 cm³/mol. The number of amides is 1. The molecular formula is C22H25FN2O3. The topological polar surface area (TPSA) is 49.9 Å². The zero-order valence-electron chi connectivity index (χ0n) is 16.1. The summed E-state index contributed by atoms with van der Waals surface area (Å²) < 4.78 is 18.4. The summed E-state index contributed by atoms with van der Waals surface area (Å²) in [6, 6.07) is 13.2. The molecule has 6 heteroatoms. The molecule has 0 spiro atoms. The molecule has 0 bridgehead atoms. The van der Waals surface area contributed by atoms with Gasteiger partial charge in [-0.1, -0.05) is 12.1 Å². The van der Waals surface area contributed by atoms with Crippen molar-refractivity contribution < 1.29 is 18.7 Å². The van der Waals surface area contributed by atoms with Gasteiger partial charge in [0.2, 0.25) is 5.91 Å². The summed E-state index contributed by atoms with van der Waals surface area (Å²) in [7, 11) is 0. The number of halogens is 1. The highest BCUT2D eigenvalue weighted by Gasteiger charge is 2.22. The third-order valence-electron chi connectivity index (χ3n) is 4.85. The number of ketones is 1. The number of benzene rings is 2. The first-order valence-electron chi connectivity index (χ1n) is 9.56. The SMILES string of the molecule is CCOc1ccc(CC(=O)N2CCN(CC(=O)c3ccc(F)cc3)CC2)cc1. The van der Waals surface area contributed by atoms with Crippen LogP contribution in [-0.4, -0.2) is 60.8 Å². The van der Waals surface area contributed by atoms with Gasteiger partial charge in [0.05, 0.1) is 19.6 Å². The molecule has 1 amide bonds. The smallest absolute Gasteiger partial charge is 0.227 e. The molecule has 2 aromatic rings. The Hall–Kier alpha value is -2.73. The summed E-state index contributed by atoms with van der Waals surface area (Å²) >= 11 is 0. The minimum atomic E-state index is -0.351. The van der Waals surface area contributed by atoms with Crippen molar-refractivity contribution in [2.75, 3.05) is 39.3 Å². The fraction of sp³-hybridized carbons (Fsp3) is 0.364. The standard InChI is InChI=1S/C22H25FN2O3/c1-2-28-20-9-3-17(4-10-20)15-22(27)25-13-11-24(12-14-25)16-21(26)18-5-7-19(23)8-6-18/h3-10H,2,11-16H2,1H3. The number of ether oxygens (including phenoxy) is 1. The molecule has 0 radical (unpaired) electrons. The number of Topliss-reactive ketones (excluding diaryl/α,β-unsaturated/α-hetero) is 1. The zero-order valence-corrected chi connectivity index (χ0v) is 16.1. The van der Waals surface area contributed by atoms with Crippen LogP contribution in [0.1, 0.15) is 22.8 Å². The quantitative estimate of drug-likeness (QED) is 0.689. The van der Waals surface area contributed by atoms with E-state index in [1.54, 1.807) is 0 Å². The molecular weight excluding hydrogens is 359 g/mol. The van der Waals surface area contributed by atoms with E-state index < -0.39 is 0 Å². The van der Waals surface area contributed by atoms with Crippen LogP contribution in [0, 0.1) is 5.82 Å². The van der Waals surface area contributed by atoms with Gasteiger partial charge in [-0.15, -0.1) is 0 Å². The lowest BCUT2D eigenvalue weighted by molar-refractivity contribution is -0.132. The van der Waals surface area contributed by atoms with Crippen molar-refractivity contribution >= 4 is 11.7 Å². The molecule has 1 aliphatic heterocycles. The molecule has 1 fully saturated rings. The van der Waals surface area contributed by atoms with Crippen molar-refractivity contribution in [1.82, 2.24) is 9.80 Å². The van der Waals surface area contributed by atoms with Crippen LogP contribution in [0.4, 0.5) is 4.39 Å². The summed E-state index contributed by atoms with van der Waals surface area (Å²) in [6.45, 7) is 5.35. The first-order valence-corrected chi connectivity index (χ1v) is 9.56. The van der Waals surface area contributed by atoms with Crippen LogP contribution in [0.25, 0.3) is 0 Å². The van der Waals surface area contributed by atoms with Crippen LogP contribution in [0.3, 0.4) is 0 Å². The fourth-order valence-electron chi connectivity index (χ4n) is 3.24.